The average molecular weight is 288 g/mol. The van der Waals surface area contributed by atoms with Gasteiger partial charge >= 0.3 is 0 Å². The molecule has 102 valence electrons. The molecule has 0 radical (unpaired) electrons. The zero-order valence-corrected chi connectivity index (χ0v) is 11.3. The summed E-state index contributed by atoms with van der Waals surface area (Å²) in [5.74, 6) is 0.374. The first-order valence-corrected chi connectivity index (χ1v) is 7.02. The zero-order valence-electron chi connectivity index (χ0n) is 10.5. The normalized spacial score (nSPS) is 13.1. The second-order valence-corrected chi connectivity index (χ2v) is 5.14. The highest BCUT2D eigenvalue weighted by Gasteiger charge is 2.16. The summed E-state index contributed by atoms with van der Waals surface area (Å²) in [4.78, 5) is 23.1. The Hall–Kier alpha value is -2.34. The number of thiophene rings is 1. The van der Waals surface area contributed by atoms with Crippen LogP contribution in [-0.2, 0) is 11.3 Å². The molecule has 1 aliphatic rings. The maximum atomic E-state index is 11.8. The molecule has 0 aliphatic carbocycles. The lowest BCUT2D eigenvalue weighted by Gasteiger charge is -2.18. The van der Waals surface area contributed by atoms with Crippen LogP contribution in [0.25, 0.3) is 0 Å². The van der Waals surface area contributed by atoms with Crippen LogP contribution >= 0.6 is 11.3 Å². The van der Waals surface area contributed by atoms with Gasteiger partial charge in [0.25, 0.3) is 11.8 Å². The van der Waals surface area contributed by atoms with Crippen molar-refractivity contribution in [1.29, 1.82) is 0 Å². The molecule has 1 aliphatic heterocycles. The number of carbonyl (C=O) groups excluding carboxylic acids is 2. The van der Waals surface area contributed by atoms with Gasteiger partial charge in [-0.2, -0.15) is 11.3 Å². The van der Waals surface area contributed by atoms with Gasteiger partial charge in [-0.15, -0.1) is 0 Å². The summed E-state index contributed by atoms with van der Waals surface area (Å²) in [5, 5.41) is 9.24. The molecule has 0 spiro atoms. The van der Waals surface area contributed by atoms with Gasteiger partial charge in [-0.1, -0.05) is 6.07 Å². The van der Waals surface area contributed by atoms with Gasteiger partial charge < -0.3 is 15.4 Å². The Morgan fingerprint density at radius 2 is 2.30 bits per heavy atom. The average Bonchev–Trinajstić information content (AvgIpc) is 2.98. The van der Waals surface area contributed by atoms with Crippen molar-refractivity contribution in [2.45, 2.75) is 6.54 Å². The summed E-state index contributed by atoms with van der Waals surface area (Å²) in [6.07, 6.45) is 0. The third kappa shape index (κ3) is 2.65. The van der Waals surface area contributed by atoms with Crippen molar-refractivity contribution in [2.24, 2.45) is 0 Å². The van der Waals surface area contributed by atoms with E-state index in [2.05, 4.69) is 10.6 Å². The van der Waals surface area contributed by atoms with Crippen LogP contribution in [0.3, 0.4) is 0 Å². The van der Waals surface area contributed by atoms with Gasteiger partial charge in [0.05, 0.1) is 5.69 Å². The lowest BCUT2D eigenvalue weighted by molar-refractivity contribution is -0.118. The van der Waals surface area contributed by atoms with E-state index in [1.54, 1.807) is 23.6 Å². The molecule has 2 aromatic rings. The Labute approximate surface area is 119 Å². The Bertz CT molecular complexity index is 652. The third-order valence-electron chi connectivity index (χ3n) is 2.91. The molecule has 0 bridgehead atoms. The minimum atomic E-state index is -0.169. The first-order valence-electron chi connectivity index (χ1n) is 6.08. The van der Waals surface area contributed by atoms with E-state index in [1.165, 1.54) is 11.3 Å². The van der Waals surface area contributed by atoms with Crippen molar-refractivity contribution in [3.8, 4) is 5.75 Å². The maximum absolute atomic E-state index is 11.8. The van der Waals surface area contributed by atoms with Crippen LogP contribution in [0.15, 0.2) is 35.0 Å². The maximum Gasteiger partial charge on any atom is 0.262 e. The Balaban J connectivity index is 1.68. The largest absolute Gasteiger partial charge is 0.482 e. The quantitative estimate of drug-likeness (QED) is 0.908. The minimum Gasteiger partial charge on any atom is -0.482 e. The molecule has 6 heteroatoms. The summed E-state index contributed by atoms with van der Waals surface area (Å²) in [6, 6.07) is 7.24. The standard InChI is InChI=1S/C14H12N2O3S/c17-13-7-19-12-2-1-9(5-11(12)16-13)6-15-14(18)10-3-4-20-8-10/h1-5,8H,6-7H2,(H,15,18)(H,16,17). The highest BCUT2D eigenvalue weighted by Crippen LogP contribution is 2.28. The van der Waals surface area contributed by atoms with Gasteiger partial charge in [0.15, 0.2) is 6.61 Å². The van der Waals surface area contributed by atoms with Crippen molar-refractivity contribution in [2.75, 3.05) is 11.9 Å². The number of benzene rings is 1. The van der Waals surface area contributed by atoms with Crippen molar-refractivity contribution in [3.05, 3.63) is 46.2 Å². The molecule has 0 saturated carbocycles. The van der Waals surface area contributed by atoms with E-state index in [4.69, 9.17) is 4.74 Å². The zero-order chi connectivity index (χ0) is 13.9. The van der Waals surface area contributed by atoms with Crippen LogP contribution in [0.5, 0.6) is 5.75 Å². The monoisotopic (exact) mass is 288 g/mol. The van der Waals surface area contributed by atoms with Crippen molar-refractivity contribution in [3.63, 3.8) is 0 Å². The van der Waals surface area contributed by atoms with E-state index in [0.717, 1.165) is 5.56 Å². The molecule has 0 atom stereocenters. The fourth-order valence-electron chi connectivity index (χ4n) is 1.92. The molecule has 2 heterocycles. The van der Waals surface area contributed by atoms with Crippen LogP contribution < -0.4 is 15.4 Å². The van der Waals surface area contributed by atoms with Crippen LogP contribution in [0.1, 0.15) is 15.9 Å². The van der Waals surface area contributed by atoms with Gasteiger partial charge in [0, 0.05) is 17.5 Å². The molecule has 3 rings (SSSR count). The van der Waals surface area contributed by atoms with Gasteiger partial charge in [0.1, 0.15) is 5.75 Å². The van der Waals surface area contributed by atoms with Crippen molar-refractivity contribution >= 4 is 28.8 Å². The van der Waals surface area contributed by atoms with E-state index < -0.39 is 0 Å². The fourth-order valence-corrected chi connectivity index (χ4v) is 2.55. The molecule has 1 aromatic carbocycles. The molecule has 0 fully saturated rings. The summed E-state index contributed by atoms with van der Waals surface area (Å²) in [6.45, 7) is 0.444. The van der Waals surface area contributed by atoms with Crippen molar-refractivity contribution < 1.29 is 14.3 Å². The van der Waals surface area contributed by atoms with Gasteiger partial charge in [-0.3, -0.25) is 9.59 Å². The lowest BCUT2D eigenvalue weighted by atomic mass is 10.1. The number of carbonyl (C=O) groups is 2. The number of amides is 2. The van der Waals surface area contributed by atoms with Crippen LogP contribution in [0.2, 0.25) is 0 Å². The van der Waals surface area contributed by atoms with E-state index >= 15 is 0 Å². The lowest BCUT2D eigenvalue weighted by Crippen LogP contribution is -2.26. The molecular weight excluding hydrogens is 276 g/mol. The number of hydrogen-bond donors (Lipinski definition) is 2. The number of anilines is 1. The fraction of sp³-hybridized carbons (Fsp3) is 0.143. The SMILES string of the molecule is O=C1COc2ccc(CNC(=O)c3ccsc3)cc2N1. The molecular formula is C14H12N2O3S. The van der Waals surface area contributed by atoms with E-state index in [1.807, 2.05) is 11.4 Å². The summed E-state index contributed by atoms with van der Waals surface area (Å²) in [7, 11) is 0. The third-order valence-corrected chi connectivity index (χ3v) is 3.60. The Morgan fingerprint density at radius 1 is 1.40 bits per heavy atom. The first kappa shape index (κ1) is 12.7. The molecule has 0 unspecified atom stereocenters. The highest BCUT2D eigenvalue weighted by molar-refractivity contribution is 7.08. The second-order valence-electron chi connectivity index (χ2n) is 4.36. The first-order chi connectivity index (χ1) is 9.72. The number of ether oxygens (including phenoxy) is 1. The molecule has 0 saturated heterocycles. The topological polar surface area (TPSA) is 67.4 Å². The van der Waals surface area contributed by atoms with E-state index in [-0.39, 0.29) is 18.4 Å². The summed E-state index contributed by atoms with van der Waals surface area (Å²) >= 11 is 1.48. The van der Waals surface area contributed by atoms with E-state index in [0.29, 0.717) is 23.5 Å². The van der Waals surface area contributed by atoms with Crippen LogP contribution in [-0.4, -0.2) is 18.4 Å². The van der Waals surface area contributed by atoms with Gasteiger partial charge in [0.2, 0.25) is 0 Å². The number of fused-ring (bicyclic) bond motifs is 1. The minimum absolute atomic E-state index is 0.0429. The predicted octanol–water partition coefficient (Wildman–Crippen LogP) is 2.01. The number of rotatable bonds is 3. The Kier molecular flexibility index (Phi) is 3.39. The van der Waals surface area contributed by atoms with Gasteiger partial charge in [-0.05, 0) is 29.1 Å². The summed E-state index contributed by atoms with van der Waals surface area (Å²) in [5.41, 5.74) is 2.20. The molecule has 20 heavy (non-hydrogen) atoms. The smallest absolute Gasteiger partial charge is 0.262 e. The molecule has 2 N–H and O–H groups in total. The van der Waals surface area contributed by atoms with Crippen LogP contribution in [0, 0.1) is 0 Å². The van der Waals surface area contributed by atoms with Crippen molar-refractivity contribution in [1.82, 2.24) is 5.32 Å². The predicted molar refractivity (Wildman–Crippen MR) is 76.1 cm³/mol. The molecule has 5 nitrogen and oxygen atoms in total. The number of hydrogen-bond acceptors (Lipinski definition) is 4. The highest BCUT2D eigenvalue weighted by atomic mass is 32.1. The summed E-state index contributed by atoms with van der Waals surface area (Å²) < 4.78 is 5.28. The van der Waals surface area contributed by atoms with Crippen LogP contribution in [0.4, 0.5) is 5.69 Å². The van der Waals surface area contributed by atoms with Gasteiger partial charge in [-0.25, -0.2) is 0 Å². The Morgan fingerprint density at radius 3 is 3.10 bits per heavy atom. The molecule has 2 amide bonds. The number of nitrogens with one attached hydrogen (secondary N) is 2. The van der Waals surface area contributed by atoms with E-state index in [9.17, 15) is 9.59 Å². The second kappa shape index (κ2) is 5.34. The molecule has 1 aromatic heterocycles.